The molecule has 28 heavy (non-hydrogen) atoms. The molecule has 1 aromatic rings. The summed E-state index contributed by atoms with van der Waals surface area (Å²) in [5.74, 6) is -1.27. The fourth-order valence-electron chi connectivity index (χ4n) is 2.91. The molecular formula is C17H26N4O6S. The molecule has 1 fully saturated rings. The first-order valence-corrected chi connectivity index (χ1v) is 10.7. The van der Waals surface area contributed by atoms with Gasteiger partial charge in [-0.3, -0.25) is 14.4 Å². The average Bonchev–Trinajstić information content (AvgIpc) is 2.61. The van der Waals surface area contributed by atoms with Crippen molar-refractivity contribution in [1.82, 2.24) is 10.2 Å². The number of nitrogens with zero attached hydrogens (tertiary/aromatic N) is 2. The summed E-state index contributed by atoms with van der Waals surface area (Å²) >= 11 is 0. The molecule has 0 atom stereocenters. The second-order valence-electron chi connectivity index (χ2n) is 6.52. The number of nitrogens with one attached hydrogen (secondary N) is 2. The Labute approximate surface area is 164 Å². The Morgan fingerprint density at radius 3 is 2.46 bits per heavy atom. The van der Waals surface area contributed by atoms with E-state index in [1.807, 2.05) is 9.80 Å². The topological polar surface area (TPSA) is 128 Å². The first kappa shape index (κ1) is 21.9. The molecule has 1 aromatic carbocycles. The van der Waals surface area contributed by atoms with Gasteiger partial charge >= 0.3 is 5.97 Å². The third kappa shape index (κ3) is 6.66. The van der Waals surface area contributed by atoms with Gasteiger partial charge in [0, 0.05) is 45.5 Å². The highest BCUT2D eigenvalue weighted by molar-refractivity contribution is 7.92. The number of piperazine rings is 1. The molecule has 11 heteroatoms. The zero-order valence-electron chi connectivity index (χ0n) is 16.0. The Morgan fingerprint density at radius 2 is 1.89 bits per heavy atom. The van der Waals surface area contributed by atoms with Gasteiger partial charge in [0.15, 0.2) is 0 Å². The number of rotatable bonds is 9. The number of carboxylic acids is 1. The van der Waals surface area contributed by atoms with E-state index < -0.39 is 16.0 Å². The number of carbonyl (C=O) groups excluding carboxylic acids is 1. The highest BCUT2D eigenvalue weighted by atomic mass is 32.2. The van der Waals surface area contributed by atoms with Gasteiger partial charge in [0.25, 0.3) is 0 Å². The van der Waals surface area contributed by atoms with Gasteiger partial charge in [0.05, 0.1) is 30.7 Å². The minimum absolute atomic E-state index is 0.0325. The average molecular weight is 414 g/mol. The van der Waals surface area contributed by atoms with Crippen LogP contribution in [0.4, 0.5) is 11.4 Å². The highest BCUT2D eigenvalue weighted by Crippen LogP contribution is 2.25. The summed E-state index contributed by atoms with van der Waals surface area (Å²) in [6, 6.07) is 4.60. The molecule has 0 saturated carbocycles. The number of hydrogen-bond donors (Lipinski definition) is 3. The smallest absolute Gasteiger partial charge is 0.337 e. The summed E-state index contributed by atoms with van der Waals surface area (Å²) in [6.07, 6.45) is 0.969. The maximum absolute atomic E-state index is 11.9. The normalized spacial score (nSPS) is 15.3. The molecule has 1 amide bonds. The van der Waals surface area contributed by atoms with Gasteiger partial charge in [0.2, 0.25) is 15.9 Å². The lowest BCUT2D eigenvalue weighted by atomic mass is 10.1. The Morgan fingerprint density at radius 1 is 1.21 bits per heavy atom. The summed E-state index contributed by atoms with van der Waals surface area (Å²) in [5.41, 5.74) is 0.619. The van der Waals surface area contributed by atoms with Crippen molar-refractivity contribution in [2.45, 2.75) is 0 Å². The van der Waals surface area contributed by atoms with Crippen molar-refractivity contribution in [3.8, 4) is 0 Å². The Bertz CT molecular complexity index is 806. The molecule has 10 nitrogen and oxygen atoms in total. The van der Waals surface area contributed by atoms with Crippen LogP contribution in [0.3, 0.4) is 0 Å². The summed E-state index contributed by atoms with van der Waals surface area (Å²) in [5, 5.41) is 12.2. The van der Waals surface area contributed by atoms with Gasteiger partial charge in [-0.25, -0.2) is 13.2 Å². The molecule has 0 radical (unpaired) electrons. The van der Waals surface area contributed by atoms with E-state index in [4.69, 9.17) is 4.74 Å². The molecule has 0 unspecified atom stereocenters. The van der Waals surface area contributed by atoms with E-state index in [0.717, 1.165) is 6.26 Å². The van der Waals surface area contributed by atoms with Gasteiger partial charge in [-0.2, -0.15) is 0 Å². The van der Waals surface area contributed by atoms with Crippen LogP contribution < -0.4 is 14.9 Å². The molecule has 1 aliphatic heterocycles. The fourth-order valence-corrected chi connectivity index (χ4v) is 3.49. The molecule has 2 rings (SSSR count). The van der Waals surface area contributed by atoms with Crippen LogP contribution in [-0.4, -0.2) is 89.5 Å². The number of amides is 1. The number of methoxy groups -OCH3 is 1. The summed E-state index contributed by atoms with van der Waals surface area (Å²) < 4.78 is 29.9. The molecule has 1 heterocycles. The SMILES string of the molecule is COCCNC(=O)CN1CCN(c2ccc(NS(C)(=O)=O)c(C(=O)O)c2)CC1. The number of carbonyl (C=O) groups is 2. The van der Waals surface area contributed by atoms with E-state index in [1.54, 1.807) is 13.2 Å². The van der Waals surface area contributed by atoms with E-state index >= 15 is 0 Å². The van der Waals surface area contributed by atoms with E-state index in [0.29, 0.717) is 51.6 Å². The number of benzene rings is 1. The molecule has 0 aliphatic carbocycles. The predicted octanol–water partition coefficient (Wildman–Crippen LogP) is -0.359. The number of aromatic carboxylic acids is 1. The van der Waals surface area contributed by atoms with Crippen molar-refractivity contribution < 1.29 is 27.9 Å². The van der Waals surface area contributed by atoms with E-state index in [1.165, 1.54) is 12.1 Å². The largest absolute Gasteiger partial charge is 0.478 e. The van der Waals surface area contributed by atoms with E-state index in [-0.39, 0.29) is 17.2 Å². The van der Waals surface area contributed by atoms with E-state index in [9.17, 15) is 23.1 Å². The third-order valence-corrected chi connectivity index (χ3v) is 4.85. The van der Waals surface area contributed by atoms with Crippen molar-refractivity contribution in [2.24, 2.45) is 0 Å². The Kier molecular flexibility index (Phi) is 7.61. The monoisotopic (exact) mass is 414 g/mol. The molecular weight excluding hydrogens is 388 g/mol. The van der Waals surface area contributed by atoms with Gasteiger partial charge in [0.1, 0.15) is 0 Å². The second-order valence-corrected chi connectivity index (χ2v) is 8.26. The van der Waals surface area contributed by atoms with Crippen LogP contribution in [-0.2, 0) is 19.6 Å². The van der Waals surface area contributed by atoms with Gasteiger partial charge in [-0.1, -0.05) is 0 Å². The summed E-state index contributed by atoms with van der Waals surface area (Å²) in [7, 11) is -2.00. The molecule has 1 aliphatic rings. The first-order valence-electron chi connectivity index (χ1n) is 8.77. The van der Waals surface area contributed by atoms with Crippen molar-refractivity contribution in [3.05, 3.63) is 23.8 Å². The minimum atomic E-state index is -3.58. The van der Waals surface area contributed by atoms with Gasteiger partial charge in [-0.05, 0) is 18.2 Å². The minimum Gasteiger partial charge on any atom is -0.478 e. The summed E-state index contributed by atoms with van der Waals surface area (Å²) in [4.78, 5) is 27.4. The van der Waals surface area contributed by atoms with Crippen LogP contribution >= 0.6 is 0 Å². The maximum atomic E-state index is 11.9. The highest BCUT2D eigenvalue weighted by Gasteiger charge is 2.21. The van der Waals surface area contributed by atoms with E-state index in [2.05, 4.69) is 10.0 Å². The Balaban J connectivity index is 1.97. The maximum Gasteiger partial charge on any atom is 0.337 e. The van der Waals surface area contributed by atoms with Crippen molar-refractivity contribution in [3.63, 3.8) is 0 Å². The number of carboxylic acid groups (broad SMARTS) is 1. The van der Waals surface area contributed by atoms with Crippen molar-refractivity contribution in [1.29, 1.82) is 0 Å². The lowest BCUT2D eigenvalue weighted by molar-refractivity contribution is -0.122. The number of hydrogen-bond acceptors (Lipinski definition) is 7. The van der Waals surface area contributed by atoms with Crippen LogP contribution in [0.15, 0.2) is 18.2 Å². The molecule has 3 N–H and O–H groups in total. The Hall–Kier alpha value is -2.37. The van der Waals surface area contributed by atoms with Crippen LogP contribution in [0.5, 0.6) is 0 Å². The number of sulfonamides is 1. The van der Waals surface area contributed by atoms with Crippen LogP contribution in [0.2, 0.25) is 0 Å². The molecule has 0 aromatic heterocycles. The fraction of sp³-hybridized carbons (Fsp3) is 0.529. The quantitative estimate of drug-likeness (QED) is 0.468. The second kappa shape index (κ2) is 9.71. The van der Waals surface area contributed by atoms with Crippen LogP contribution in [0, 0.1) is 0 Å². The summed E-state index contributed by atoms with van der Waals surface area (Å²) in [6.45, 7) is 3.81. The lowest BCUT2D eigenvalue weighted by Gasteiger charge is -2.36. The van der Waals surface area contributed by atoms with Gasteiger partial charge in [-0.15, -0.1) is 0 Å². The zero-order chi connectivity index (χ0) is 20.7. The first-order chi connectivity index (χ1) is 13.2. The number of ether oxygens (including phenoxy) is 1. The standard InChI is InChI=1S/C17H26N4O6S/c1-27-10-5-18-16(22)12-20-6-8-21(9-7-20)13-3-4-15(19-28(2,25)26)14(11-13)17(23)24/h3-4,11,19H,5-10,12H2,1-2H3,(H,18,22)(H,23,24). The third-order valence-electron chi connectivity index (χ3n) is 4.26. The predicted molar refractivity (Wildman–Crippen MR) is 105 cm³/mol. The molecule has 1 saturated heterocycles. The van der Waals surface area contributed by atoms with Crippen LogP contribution in [0.1, 0.15) is 10.4 Å². The number of anilines is 2. The van der Waals surface area contributed by atoms with Gasteiger partial charge < -0.3 is 20.1 Å². The molecule has 156 valence electrons. The molecule has 0 spiro atoms. The zero-order valence-corrected chi connectivity index (χ0v) is 16.8. The van der Waals surface area contributed by atoms with Crippen molar-refractivity contribution >= 4 is 33.3 Å². The van der Waals surface area contributed by atoms with Crippen LogP contribution in [0.25, 0.3) is 0 Å². The lowest BCUT2D eigenvalue weighted by Crippen LogP contribution is -2.49. The molecule has 0 bridgehead atoms. The van der Waals surface area contributed by atoms with Crippen molar-refractivity contribution in [2.75, 3.05) is 68.9 Å².